The molecule has 2 aliphatic heterocycles. The van der Waals surface area contributed by atoms with Gasteiger partial charge in [0.05, 0.1) is 11.2 Å². The number of sulfonamides is 1. The SMILES string of the molecule is CCS(=O)(=O)N1CCC(C(=O)N(C)C2CCNC2)(c2ccccc2)CC1.Cl. The molecule has 0 bridgehead atoms. The number of hydrogen-bond acceptors (Lipinski definition) is 4. The van der Waals surface area contributed by atoms with Crippen molar-refractivity contribution >= 4 is 28.3 Å². The predicted octanol–water partition coefficient (Wildman–Crippen LogP) is 1.61. The Balaban J connectivity index is 0.00000261. The van der Waals surface area contributed by atoms with Crippen LogP contribution in [0.3, 0.4) is 0 Å². The van der Waals surface area contributed by atoms with Gasteiger partial charge in [0.25, 0.3) is 0 Å². The van der Waals surface area contributed by atoms with E-state index in [0.29, 0.717) is 25.9 Å². The molecule has 0 aromatic heterocycles. The van der Waals surface area contributed by atoms with Gasteiger partial charge in [-0.15, -0.1) is 12.4 Å². The number of likely N-dealkylation sites (N-methyl/N-ethyl adjacent to an activating group) is 1. The number of benzene rings is 1. The van der Waals surface area contributed by atoms with Crippen LogP contribution in [0.25, 0.3) is 0 Å². The Hall–Kier alpha value is -1.15. The summed E-state index contributed by atoms with van der Waals surface area (Å²) in [5.41, 5.74) is 0.356. The second-order valence-corrected chi connectivity index (χ2v) is 9.57. The Morgan fingerprint density at radius 1 is 1.26 bits per heavy atom. The third-order valence-corrected chi connectivity index (χ3v) is 7.85. The number of nitrogens with one attached hydrogen (secondary N) is 1. The van der Waals surface area contributed by atoms with Crippen LogP contribution in [0.5, 0.6) is 0 Å². The molecule has 0 aliphatic carbocycles. The van der Waals surface area contributed by atoms with Gasteiger partial charge in [-0.3, -0.25) is 4.79 Å². The van der Waals surface area contributed by atoms with Crippen LogP contribution in [-0.2, 0) is 20.2 Å². The second kappa shape index (κ2) is 8.90. The molecule has 2 heterocycles. The summed E-state index contributed by atoms with van der Waals surface area (Å²) in [6.45, 7) is 4.22. The van der Waals surface area contributed by atoms with Crippen molar-refractivity contribution < 1.29 is 13.2 Å². The van der Waals surface area contributed by atoms with Crippen molar-refractivity contribution in [3.8, 4) is 0 Å². The van der Waals surface area contributed by atoms with Gasteiger partial charge in [0.1, 0.15) is 0 Å². The number of piperidine rings is 1. The molecule has 27 heavy (non-hydrogen) atoms. The van der Waals surface area contributed by atoms with Crippen LogP contribution < -0.4 is 5.32 Å². The molecule has 1 amide bonds. The van der Waals surface area contributed by atoms with E-state index in [4.69, 9.17) is 0 Å². The summed E-state index contributed by atoms with van der Waals surface area (Å²) >= 11 is 0. The maximum atomic E-state index is 13.6. The van der Waals surface area contributed by atoms with Crippen molar-refractivity contribution in [2.75, 3.05) is 39.0 Å². The van der Waals surface area contributed by atoms with Crippen LogP contribution >= 0.6 is 12.4 Å². The zero-order valence-corrected chi connectivity index (χ0v) is 17.7. The lowest BCUT2D eigenvalue weighted by molar-refractivity contribution is -0.139. The maximum absolute atomic E-state index is 13.6. The van der Waals surface area contributed by atoms with Crippen molar-refractivity contribution in [2.24, 2.45) is 0 Å². The first-order valence-electron chi connectivity index (χ1n) is 9.42. The van der Waals surface area contributed by atoms with Gasteiger partial charge in [0.2, 0.25) is 15.9 Å². The summed E-state index contributed by atoms with van der Waals surface area (Å²) < 4.78 is 26.0. The summed E-state index contributed by atoms with van der Waals surface area (Å²) in [7, 11) is -1.33. The Morgan fingerprint density at radius 2 is 1.89 bits per heavy atom. The fraction of sp³-hybridized carbons (Fsp3) is 0.632. The summed E-state index contributed by atoms with van der Waals surface area (Å²) in [6.07, 6.45) is 2.02. The normalized spacial score (nSPS) is 22.8. The van der Waals surface area contributed by atoms with Crippen LogP contribution in [0.4, 0.5) is 0 Å². The smallest absolute Gasteiger partial charge is 0.233 e. The van der Waals surface area contributed by atoms with Gasteiger partial charge >= 0.3 is 0 Å². The van der Waals surface area contributed by atoms with E-state index in [0.717, 1.165) is 25.1 Å². The van der Waals surface area contributed by atoms with E-state index in [1.165, 1.54) is 0 Å². The fourth-order valence-electron chi connectivity index (χ4n) is 4.19. The molecule has 1 N–H and O–H groups in total. The van der Waals surface area contributed by atoms with E-state index in [1.54, 1.807) is 11.2 Å². The summed E-state index contributed by atoms with van der Waals surface area (Å²) in [6, 6.07) is 10.1. The number of nitrogens with zero attached hydrogens (tertiary/aromatic N) is 2. The Labute approximate surface area is 168 Å². The highest BCUT2D eigenvalue weighted by molar-refractivity contribution is 7.89. The van der Waals surface area contributed by atoms with E-state index in [9.17, 15) is 13.2 Å². The summed E-state index contributed by atoms with van der Waals surface area (Å²) in [5, 5.41) is 3.32. The Bertz CT molecular complexity index is 728. The summed E-state index contributed by atoms with van der Waals surface area (Å²) in [4.78, 5) is 15.4. The van der Waals surface area contributed by atoms with E-state index < -0.39 is 15.4 Å². The molecule has 0 radical (unpaired) electrons. The van der Waals surface area contributed by atoms with Crippen molar-refractivity contribution in [2.45, 2.75) is 37.6 Å². The first-order chi connectivity index (χ1) is 12.4. The van der Waals surface area contributed by atoms with Gasteiger partial charge in [0, 0.05) is 32.7 Å². The van der Waals surface area contributed by atoms with Crippen molar-refractivity contribution in [1.29, 1.82) is 0 Å². The minimum Gasteiger partial charge on any atom is -0.341 e. The molecule has 1 atom stereocenters. The lowest BCUT2D eigenvalue weighted by Gasteiger charge is -2.43. The largest absolute Gasteiger partial charge is 0.341 e. The molecular formula is C19H30ClN3O3S. The number of carbonyl (C=O) groups is 1. The van der Waals surface area contributed by atoms with Gasteiger partial charge in [-0.25, -0.2) is 12.7 Å². The van der Waals surface area contributed by atoms with Crippen LogP contribution in [0.1, 0.15) is 31.7 Å². The quantitative estimate of drug-likeness (QED) is 0.793. The third-order valence-electron chi connectivity index (χ3n) is 5.97. The zero-order chi connectivity index (χ0) is 18.8. The number of carbonyl (C=O) groups excluding carboxylic acids is 1. The highest BCUT2D eigenvalue weighted by Gasteiger charge is 2.47. The first kappa shape index (κ1) is 22.1. The van der Waals surface area contributed by atoms with Gasteiger partial charge in [-0.1, -0.05) is 30.3 Å². The molecule has 2 aliphatic rings. The van der Waals surface area contributed by atoms with E-state index in [1.807, 2.05) is 42.3 Å². The van der Waals surface area contributed by atoms with Gasteiger partial charge in [-0.2, -0.15) is 0 Å². The molecule has 0 spiro atoms. The average molecular weight is 416 g/mol. The van der Waals surface area contributed by atoms with E-state index in [-0.39, 0.29) is 30.1 Å². The summed E-state index contributed by atoms with van der Waals surface area (Å²) in [5.74, 6) is 0.221. The van der Waals surface area contributed by atoms with Crippen molar-refractivity contribution in [1.82, 2.24) is 14.5 Å². The molecule has 2 fully saturated rings. The molecule has 3 rings (SSSR count). The number of amides is 1. The Kier molecular flexibility index (Phi) is 7.30. The number of rotatable bonds is 5. The molecule has 1 aromatic rings. The maximum Gasteiger partial charge on any atom is 0.233 e. The zero-order valence-electron chi connectivity index (χ0n) is 16.1. The van der Waals surface area contributed by atoms with E-state index in [2.05, 4.69) is 5.32 Å². The molecule has 1 unspecified atom stereocenters. The minimum absolute atomic E-state index is 0. The lowest BCUT2D eigenvalue weighted by Crippen LogP contribution is -2.55. The first-order valence-corrected chi connectivity index (χ1v) is 11.0. The van der Waals surface area contributed by atoms with Gasteiger partial charge < -0.3 is 10.2 Å². The van der Waals surface area contributed by atoms with Crippen LogP contribution in [0.2, 0.25) is 0 Å². The van der Waals surface area contributed by atoms with Crippen LogP contribution in [-0.4, -0.2) is 68.6 Å². The standard InChI is InChI=1S/C19H29N3O3S.ClH/c1-3-26(24,25)22-13-10-19(11-14-22,16-7-5-4-6-8-16)18(23)21(2)17-9-12-20-15-17;/h4-8,17,20H,3,9-15H2,1-2H3;1H. The Morgan fingerprint density at radius 3 is 2.41 bits per heavy atom. The monoisotopic (exact) mass is 415 g/mol. The molecule has 6 nitrogen and oxygen atoms in total. The highest BCUT2D eigenvalue weighted by Crippen LogP contribution is 2.38. The van der Waals surface area contributed by atoms with Crippen molar-refractivity contribution in [3.63, 3.8) is 0 Å². The molecular weight excluding hydrogens is 386 g/mol. The minimum atomic E-state index is -3.22. The third kappa shape index (κ3) is 4.31. The topological polar surface area (TPSA) is 69.7 Å². The predicted molar refractivity (Wildman–Crippen MR) is 110 cm³/mol. The molecule has 0 saturated carbocycles. The molecule has 2 saturated heterocycles. The molecule has 8 heteroatoms. The average Bonchev–Trinajstić information content (AvgIpc) is 3.22. The number of halogens is 1. The fourth-order valence-corrected chi connectivity index (χ4v) is 5.29. The van der Waals surface area contributed by atoms with E-state index >= 15 is 0 Å². The number of hydrogen-bond donors (Lipinski definition) is 1. The highest BCUT2D eigenvalue weighted by atomic mass is 35.5. The van der Waals surface area contributed by atoms with Gasteiger partial charge in [-0.05, 0) is 38.3 Å². The second-order valence-electron chi connectivity index (χ2n) is 7.31. The van der Waals surface area contributed by atoms with Crippen LogP contribution in [0, 0.1) is 0 Å². The van der Waals surface area contributed by atoms with Crippen LogP contribution in [0.15, 0.2) is 30.3 Å². The molecule has 152 valence electrons. The van der Waals surface area contributed by atoms with Gasteiger partial charge in [0.15, 0.2) is 0 Å². The van der Waals surface area contributed by atoms with Crippen molar-refractivity contribution in [3.05, 3.63) is 35.9 Å². The molecule has 1 aromatic carbocycles. The lowest BCUT2D eigenvalue weighted by atomic mass is 9.72.